The Labute approximate surface area is 109 Å². The van der Waals surface area contributed by atoms with E-state index in [1.165, 1.54) is 32.6 Å². The van der Waals surface area contributed by atoms with E-state index in [0.717, 1.165) is 6.42 Å². The smallest absolute Gasteiger partial charge is 0.376 e. The van der Waals surface area contributed by atoms with Crippen molar-refractivity contribution in [3.05, 3.63) is 0 Å². The van der Waals surface area contributed by atoms with Crippen LogP contribution in [-0.2, 0) is 19.2 Å². The van der Waals surface area contributed by atoms with E-state index in [9.17, 15) is 9.32 Å². The summed E-state index contributed by atoms with van der Waals surface area (Å²) in [5, 5.41) is 0. The Bertz CT molecular complexity index is 211. The molecule has 108 valence electrons. The molecule has 0 rings (SSSR count). The SMILES string of the molecule is CCCCCCCOC(C)COC(C)C(=O)OF. The van der Waals surface area contributed by atoms with Crippen LogP contribution >= 0.6 is 0 Å². The van der Waals surface area contributed by atoms with Gasteiger partial charge in [-0.2, -0.15) is 0 Å². The molecule has 0 saturated heterocycles. The molecule has 0 heterocycles. The summed E-state index contributed by atoms with van der Waals surface area (Å²) in [4.78, 5) is 13.8. The van der Waals surface area contributed by atoms with E-state index in [2.05, 4.69) is 11.9 Å². The summed E-state index contributed by atoms with van der Waals surface area (Å²) in [7, 11) is 0. The third kappa shape index (κ3) is 9.36. The molecule has 0 radical (unpaired) electrons. The highest BCUT2D eigenvalue weighted by Crippen LogP contribution is 2.04. The summed E-state index contributed by atoms with van der Waals surface area (Å²) in [5.74, 6) is -1.01. The van der Waals surface area contributed by atoms with Crippen LogP contribution in [0.5, 0.6) is 0 Å². The average molecular weight is 264 g/mol. The van der Waals surface area contributed by atoms with Gasteiger partial charge in [0.15, 0.2) is 6.10 Å². The van der Waals surface area contributed by atoms with Crippen molar-refractivity contribution in [2.24, 2.45) is 0 Å². The van der Waals surface area contributed by atoms with Crippen molar-refractivity contribution in [2.45, 2.75) is 65.1 Å². The van der Waals surface area contributed by atoms with Gasteiger partial charge in [0.2, 0.25) is 0 Å². The molecule has 0 saturated carbocycles. The molecule has 0 aliphatic carbocycles. The lowest BCUT2D eigenvalue weighted by Gasteiger charge is -2.15. The van der Waals surface area contributed by atoms with Crippen LogP contribution < -0.4 is 0 Å². The predicted octanol–water partition coefficient (Wildman–Crippen LogP) is 3.19. The van der Waals surface area contributed by atoms with Crippen LogP contribution in [0.2, 0.25) is 0 Å². The van der Waals surface area contributed by atoms with Gasteiger partial charge in [-0.25, -0.2) is 4.79 Å². The molecule has 2 atom stereocenters. The van der Waals surface area contributed by atoms with Crippen LogP contribution in [0.3, 0.4) is 0 Å². The minimum absolute atomic E-state index is 0.106. The average Bonchev–Trinajstić information content (AvgIpc) is 2.38. The first-order valence-electron chi connectivity index (χ1n) is 6.67. The van der Waals surface area contributed by atoms with E-state index in [1.807, 2.05) is 6.92 Å². The lowest BCUT2D eigenvalue weighted by Crippen LogP contribution is -2.26. The first kappa shape index (κ1) is 17.3. The van der Waals surface area contributed by atoms with E-state index >= 15 is 0 Å². The Morgan fingerprint density at radius 1 is 1.11 bits per heavy atom. The quantitative estimate of drug-likeness (QED) is 0.538. The monoisotopic (exact) mass is 264 g/mol. The lowest BCUT2D eigenvalue weighted by molar-refractivity contribution is -0.197. The summed E-state index contributed by atoms with van der Waals surface area (Å²) in [5.41, 5.74) is 0. The van der Waals surface area contributed by atoms with Crippen LogP contribution in [0.1, 0.15) is 52.9 Å². The zero-order chi connectivity index (χ0) is 13.8. The number of hydrogen-bond donors (Lipinski definition) is 0. The standard InChI is InChI=1S/C13H25FO4/c1-4-5-6-7-8-9-16-11(2)10-17-12(3)13(15)18-14/h11-12H,4-10H2,1-3H3. The molecule has 0 amide bonds. The first-order chi connectivity index (χ1) is 8.61. The molecule has 0 N–H and O–H groups in total. The van der Waals surface area contributed by atoms with Gasteiger partial charge in [-0.05, 0) is 20.3 Å². The Hall–Kier alpha value is -0.680. The fourth-order valence-electron chi connectivity index (χ4n) is 1.45. The van der Waals surface area contributed by atoms with Gasteiger partial charge in [-0.1, -0.05) is 32.6 Å². The normalized spacial score (nSPS) is 14.2. The summed E-state index contributed by atoms with van der Waals surface area (Å²) >= 11 is 0. The van der Waals surface area contributed by atoms with E-state index in [0.29, 0.717) is 6.61 Å². The lowest BCUT2D eigenvalue weighted by atomic mass is 10.2. The van der Waals surface area contributed by atoms with Gasteiger partial charge in [-0.3, -0.25) is 4.94 Å². The molecule has 0 aromatic heterocycles. The van der Waals surface area contributed by atoms with Crippen molar-refractivity contribution in [3.63, 3.8) is 0 Å². The van der Waals surface area contributed by atoms with Crippen LogP contribution in [-0.4, -0.2) is 31.4 Å². The van der Waals surface area contributed by atoms with Crippen LogP contribution in [0, 0.1) is 0 Å². The third-order valence-electron chi connectivity index (χ3n) is 2.64. The minimum atomic E-state index is -1.01. The second-order valence-electron chi connectivity index (χ2n) is 4.47. The maximum atomic E-state index is 11.6. The summed E-state index contributed by atoms with van der Waals surface area (Å²) in [6.07, 6.45) is 4.94. The maximum Gasteiger partial charge on any atom is 0.376 e. The highest BCUT2D eigenvalue weighted by Gasteiger charge is 2.17. The topological polar surface area (TPSA) is 44.8 Å². The zero-order valence-corrected chi connectivity index (χ0v) is 11.6. The van der Waals surface area contributed by atoms with Gasteiger partial charge in [0.1, 0.15) is 0 Å². The molecule has 0 aliphatic rings. The second-order valence-corrected chi connectivity index (χ2v) is 4.47. The molecule has 5 heteroatoms. The molecule has 4 nitrogen and oxygen atoms in total. The molecular weight excluding hydrogens is 239 g/mol. The van der Waals surface area contributed by atoms with Crippen molar-refractivity contribution >= 4 is 5.97 Å². The van der Waals surface area contributed by atoms with E-state index in [-0.39, 0.29) is 12.7 Å². The van der Waals surface area contributed by atoms with Crippen molar-refractivity contribution in [1.82, 2.24) is 0 Å². The summed E-state index contributed by atoms with van der Waals surface area (Å²) in [6.45, 7) is 6.43. The third-order valence-corrected chi connectivity index (χ3v) is 2.64. The fraction of sp³-hybridized carbons (Fsp3) is 0.923. The number of ether oxygens (including phenoxy) is 2. The highest BCUT2D eigenvalue weighted by molar-refractivity contribution is 5.73. The molecule has 0 aromatic rings. The number of rotatable bonds is 11. The first-order valence-corrected chi connectivity index (χ1v) is 6.67. The second kappa shape index (κ2) is 11.4. The van der Waals surface area contributed by atoms with E-state index < -0.39 is 12.1 Å². The Balaban J connectivity index is 3.42. The predicted molar refractivity (Wildman–Crippen MR) is 66.8 cm³/mol. The molecule has 0 aromatic carbocycles. The summed E-state index contributed by atoms with van der Waals surface area (Å²) < 4.78 is 22.2. The molecular formula is C13H25FO4. The fourth-order valence-corrected chi connectivity index (χ4v) is 1.45. The van der Waals surface area contributed by atoms with E-state index in [1.54, 1.807) is 0 Å². The number of hydrogen-bond acceptors (Lipinski definition) is 4. The van der Waals surface area contributed by atoms with Crippen molar-refractivity contribution < 1.29 is 23.7 Å². The zero-order valence-electron chi connectivity index (χ0n) is 11.6. The van der Waals surface area contributed by atoms with Gasteiger partial charge < -0.3 is 9.47 Å². The molecule has 2 unspecified atom stereocenters. The molecule has 0 fully saturated rings. The van der Waals surface area contributed by atoms with Gasteiger partial charge >= 0.3 is 5.97 Å². The maximum absolute atomic E-state index is 11.6. The van der Waals surface area contributed by atoms with Gasteiger partial charge in [0.05, 0.1) is 12.7 Å². The molecule has 18 heavy (non-hydrogen) atoms. The van der Waals surface area contributed by atoms with Crippen LogP contribution in [0.4, 0.5) is 4.53 Å². The molecule has 0 bridgehead atoms. The van der Waals surface area contributed by atoms with Crippen molar-refractivity contribution in [3.8, 4) is 0 Å². The number of carbonyl (C=O) groups excluding carboxylic acids is 1. The van der Waals surface area contributed by atoms with Crippen molar-refractivity contribution in [2.75, 3.05) is 13.2 Å². The van der Waals surface area contributed by atoms with E-state index in [4.69, 9.17) is 9.47 Å². The largest absolute Gasteiger partial charge is 0.376 e. The van der Waals surface area contributed by atoms with Gasteiger partial charge in [0.25, 0.3) is 0 Å². The van der Waals surface area contributed by atoms with Gasteiger partial charge in [-0.15, -0.1) is 0 Å². The molecule has 0 spiro atoms. The Kier molecular flexibility index (Phi) is 11.0. The van der Waals surface area contributed by atoms with Crippen LogP contribution in [0.25, 0.3) is 0 Å². The van der Waals surface area contributed by atoms with Gasteiger partial charge in [0, 0.05) is 11.1 Å². The Morgan fingerprint density at radius 2 is 1.78 bits per heavy atom. The van der Waals surface area contributed by atoms with Crippen LogP contribution in [0.15, 0.2) is 0 Å². The Morgan fingerprint density at radius 3 is 2.39 bits per heavy atom. The highest BCUT2D eigenvalue weighted by atomic mass is 19.3. The molecule has 0 aliphatic heterocycles. The number of carbonyl (C=O) groups is 1. The summed E-state index contributed by atoms with van der Waals surface area (Å²) in [6, 6.07) is 0. The number of halogens is 1. The minimum Gasteiger partial charge on any atom is -0.376 e. The number of unbranched alkanes of at least 4 members (excludes halogenated alkanes) is 4. The van der Waals surface area contributed by atoms with Crippen molar-refractivity contribution in [1.29, 1.82) is 0 Å².